The zero-order chi connectivity index (χ0) is 21.4. The number of nitrogens with one attached hydrogen (secondary N) is 1. The molecule has 5 heterocycles. The molecule has 0 aromatic carbocycles. The van der Waals surface area contributed by atoms with Crippen LogP contribution in [0.1, 0.15) is 50.4 Å². The molecular formula is C22H21N5O3S. The molecule has 1 atom stereocenters. The first-order chi connectivity index (χ1) is 15.1. The molecule has 5 rings (SSSR count). The quantitative estimate of drug-likeness (QED) is 0.524. The van der Waals surface area contributed by atoms with Gasteiger partial charge in [0.15, 0.2) is 11.4 Å². The first-order valence-electron chi connectivity index (χ1n) is 10.1. The van der Waals surface area contributed by atoms with Crippen molar-refractivity contribution in [2.45, 2.75) is 25.7 Å². The summed E-state index contributed by atoms with van der Waals surface area (Å²) in [6.45, 7) is 3.19. The highest BCUT2D eigenvalue weighted by molar-refractivity contribution is 7.18. The van der Waals surface area contributed by atoms with Gasteiger partial charge in [-0.2, -0.15) is 0 Å². The molecule has 158 valence electrons. The molecule has 1 aliphatic rings. The van der Waals surface area contributed by atoms with Crippen LogP contribution in [0.25, 0.3) is 5.65 Å². The Labute approximate surface area is 182 Å². The number of anilines is 1. The number of likely N-dealkylation sites (tertiary alicyclic amines) is 1. The Morgan fingerprint density at radius 3 is 2.97 bits per heavy atom. The monoisotopic (exact) mass is 435 g/mol. The molecule has 1 aliphatic heterocycles. The summed E-state index contributed by atoms with van der Waals surface area (Å²) < 4.78 is 7.13. The van der Waals surface area contributed by atoms with Crippen molar-refractivity contribution in [3.63, 3.8) is 0 Å². The van der Waals surface area contributed by atoms with E-state index in [1.54, 1.807) is 12.1 Å². The molecule has 1 fully saturated rings. The van der Waals surface area contributed by atoms with Gasteiger partial charge in [-0.1, -0.05) is 6.07 Å². The minimum Gasteiger partial charge on any atom is -0.459 e. The van der Waals surface area contributed by atoms with Crippen molar-refractivity contribution in [2.24, 2.45) is 0 Å². The number of aryl methyl sites for hydroxylation is 1. The summed E-state index contributed by atoms with van der Waals surface area (Å²) in [7, 11) is 0. The number of aromatic nitrogens is 3. The van der Waals surface area contributed by atoms with E-state index in [1.807, 2.05) is 46.7 Å². The van der Waals surface area contributed by atoms with Crippen LogP contribution in [0.4, 0.5) is 5.00 Å². The molecule has 4 aromatic rings. The molecule has 4 aromatic heterocycles. The van der Waals surface area contributed by atoms with Gasteiger partial charge in [0, 0.05) is 25.2 Å². The lowest BCUT2D eigenvalue weighted by Crippen LogP contribution is -2.39. The standard InChI is InChI=1S/C22H21N5O3S/c1-14-12-18(23-21(28)16-7-5-11-30-16)31-19(14)22(29)26-9-4-6-15(13-26)20-25-24-17-8-2-3-10-27(17)20/h2-3,5,7-8,10-12,15H,4,6,9,13H2,1H3,(H,23,28)/t15-/m0/s1. The van der Waals surface area contributed by atoms with Gasteiger partial charge >= 0.3 is 0 Å². The van der Waals surface area contributed by atoms with E-state index in [1.165, 1.54) is 17.6 Å². The molecule has 0 radical (unpaired) electrons. The number of carbonyl (C=O) groups excluding carboxylic acids is 2. The number of hydrogen-bond donors (Lipinski definition) is 1. The number of carbonyl (C=O) groups is 2. The minimum atomic E-state index is -0.332. The molecule has 8 nitrogen and oxygen atoms in total. The fourth-order valence-corrected chi connectivity index (χ4v) is 5.03. The summed E-state index contributed by atoms with van der Waals surface area (Å²) in [5.74, 6) is 0.913. The lowest BCUT2D eigenvalue weighted by Gasteiger charge is -2.31. The number of nitrogens with zero attached hydrogens (tertiary/aromatic N) is 4. The highest BCUT2D eigenvalue weighted by atomic mass is 32.1. The van der Waals surface area contributed by atoms with Gasteiger partial charge in [-0.15, -0.1) is 21.5 Å². The van der Waals surface area contributed by atoms with Crippen molar-refractivity contribution < 1.29 is 14.0 Å². The average molecular weight is 436 g/mol. The molecule has 31 heavy (non-hydrogen) atoms. The molecule has 2 amide bonds. The fourth-order valence-electron chi connectivity index (χ4n) is 3.99. The van der Waals surface area contributed by atoms with Gasteiger partial charge in [0.05, 0.1) is 16.1 Å². The van der Waals surface area contributed by atoms with E-state index in [0.29, 0.717) is 23.0 Å². The summed E-state index contributed by atoms with van der Waals surface area (Å²) in [5, 5.41) is 12.1. The summed E-state index contributed by atoms with van der Waals surface area (Å²) in [5.41, 5.74) is 1.66. The average Bonchev–Trinajstić information content (AvgIpc) is 3.53. The molecule has 0 bridgehead atoms. The SMILES string of the molecule is Cc1cc(NC(=O)c2ccco2)sc1C(=O)N1CCC[C@H](c2nnc3ccccn23)C1. The topological polar surface area (TPSA) is 92.7 Å². The number of fused-ring (bicyclic) bond motifs is 1. The van der Waals surface area contributed by atoms with E-state index in [0.717, 1.165) is 29.9 Å². The molecular weight excluding hydrogens is 414 g/mol. The summed E-state index contributed by atoms with van der Waals surface area (Å²) in [6, 6.07) is 10.9. The highest BCUT2D eigenvalue weighted by Gasteiger charge is 2.30. The van der Waals surface area contributed by atoms with Gasteiger partial charge in [0.25, 0.3) is 11.8 Å². The van der Waals surface area contributed by atoms with E-state index in [9.17, 15) is 9.59 Å². The zero-order valence-corrected chi connectivity index (χ0v) is 17.8. The van der Waals surface area contributed by atoms with Gasteiger partial charge in [-0.25, -0.2) is 0 Å². The van der Waals surface area contributed by atoms with Crippen LogP contribution in [0, 0.1) is 6.92 Å². The summed E-state index contributed by atoms with van der Waals surface area (Å²) in [6.07, 6.45) is 5.29. The van der Waals surface area contributed by atoms with Crippen molar-refractivity contribution in [1.29, 1.82) is 0 Å². The third-order valence-electron chi connectivity index (χ3n) is 5.51. The van der Waals surface area contributed by atoms with Crippen molar-refractivity contribution in [3.05, 3.63) is 70.9 Å². The van der Waals surface area contributed by atoms with E-state index >= 15 is 0 Å². The van der Waals surface area contributed by atoms with E-state index in [2.05, 4.69) is 15.5 Å². The lowest BCUT2D eigenvalue weighted by molar-refractivity contribution is 0.0708. The van der Waals surface area contributed by atoms with Crippen LogP contribution in [-0.4, -0.2) is 44.4 Å². The van der Waals surface area contributed by atoms with Crippen LogP contribution in [0.3, 0.4) is 0 Å². The Hall–Kier alpha value is -3.46. The molecule has 0 spiro atoms. The number of thiophene rings is 1. The van der Waals surface area contributed by atoms with E-state index in [-0.39, 0.29) is 23.5 Å². The third-order valence-corrected chi connectivity index (χ3v) is 6.65. The Balaban J connectivity index is 1.33. The second kappa shape index (κ2) is 7.99. The lowest BCUT2D eigenvalue weighted by atomic mass is 9.97. The maximum Gasteiger partial charge on any atom is 0.291 e. The summed E-state index contributed by atoms with van der Waals surface area (Å²) >= 11 is 1.29. The largest absolute Gasteiger partial charge is 0.459 e. The van der Waals surface area contributed by atoms with Crippen molar-refractivity contribution in [2.75, 3.05) is 18.4 Å². The number of amides is 2. The molecule has 1 N–H and O–H groups in total. The van der Waals surface area contributed by atoms with Crippen molar-refractivity contribution >= 4 is 33.8 Å². The first-order valence-corrected chi connectivity index (χ1v) is 11.0. The van der Waals surface area contributed by atoms with Gasteiger partial charge < -0.3 is 14.6 Å². The van der Waals surface area contributed by atoms with Crippen LogP contribution in [0.15, 0.2) is 53.3 Å². The van der Waals surface area contributed by atoms with Gasteiger partial charge in [-0.3, -0.25) is 14.0 Å². The fraction of sp³-hybridized carbons (Fsp3) is 0.273. The van der Waals surface area contributed by atoms with Gasteiger partial charge in [-0.05, 0) is 55.7 Å². The van der Waals surface area contributed by atoms with E-state index < -0.39 is 0 Å². The Morgan fingerprint density at radius 1 is 1.23 bits per heavy atom. The predicted octanol–water partition coefficient (Wildman–Crippen LogP) is 3.96. The Morgan fingerprint density at radius 2 is 2.13 bits per heavy atom. The van der Waals surface area contributed by atoms with Crippen molar-refractivity contribution in [1.82, 2.24) is 19.5 Å². The van der Waals surface area contributed by atoms with Crippen LogP contribution in [-0.2, 0) is 0 Å². The van der Waals surface area contributed by atoms with Gasteiger partial charge in [0.2, 0.25) is 0 Å². The summed E-state index contributed by atoms with van der Waals surface area (Å²) in [4.78, 5) is 28.1. The maximum atomic E-state index is 13.3. The number of rotatable bonds is 4. The number of hydrogen-bond acceptors (Lipinski definition) is 6. The minimum absolute atomic E-state index is 0.0143. The normalized spacial score (nSPS) is 16.5. The second-order valence-corrected chi connectivity index (χ2v) is 8.68. The number of piperidine rings is 1. The molecule has 9 heteroatoms. The maximum absolute atomic E-state index is 13.3. The number of furan rings is 1. The smallest absolute Gasteiger partial charge is 0.291 e. The van der Waals surface area contributed by atoms with Crippen LogP contribution in [0.2, 0.25) is 0 Å². The third kappa shape index (κ3) is 3.72. The van der Waals surface area contributed by atoms with Crippen molar-refractivity contribution in [3.8, 4) is 0 Å². The first kappa shape index (κ1) is 19.5. The molecule has 0 saturated carbocycles. The molecule has 0 aliphatic carbocycles. The van der Waals surface area contributed by atoms with Crippen LogP contribution < -0.4 is 5.32 Å². The Bertz CT molecular complexity index is 1240. The Kier molecular flexibility index (Phi) is 5.03. The molecule has 1 saturated heterocycles. The van der Waals surface area contributed by atoms with Crippen LogP contribution >= 0.6 is 11.3 Å². The number of pyridine rings is 1. The van der Waals surface area contributed by atoms with Gasteiger partial charge in [0.1, 0.15) is 5.82 Å². The predicted molar refractivity (Wildman–Crippen MR) is 117 cm³/mol. The van der Waals surface area contributed by atoms with E-state index in [4.69, 9.17) is 4.42 Å². The molecule has 0 unspecified atom stereocenters. The second-order valence-electron chi connectivity index (χ2n) is 7.63. The zero-order valence-electron chi connectivity index (χ0n) is 16.9. The highest BCUT2D eigenvalue weighted by Crippen LogP contribution is 2.31. The van der Waals surface area contributed by atoms with Crippen LogP contribution in [0.5, 0.6) is 0 Å².